The van der Waals surface area contributed by atoms with Gasteiger partial charge in [0.05, 0.1) is 11.9 Å². The largest absolute Gasteiger partial charge is 0.486 e. The summed E-state index contributed by atoms with van der Waals surface area (Å²) in [6.45, 7) is 1.96. The summed E-state index contributed by atoms with van der Waals surface area (Å²) in [6.07, 6.45) is 8.62. The quantitative estimate of drug-likeness (QED) is 0.691. The highest BCUT2D eigenvalue weighted by Gasteiger charge is 2.68. The summed E-state index contributed by atoms with van der Waals surface area (Å²) in [4.78, 5) is 33.5. The second-order valence-corrected chi connectivity index (χ2v) is 9.69. The van der Waals surface area contributed by atoms with Crippen LogP contribution in [0.15, 0.2) is 30.6 Å². The molecule has 156 valence electrons. The number of nitrogens with zero attached hydrogens (tertiary/aromatic N) is 2. The van der Waals surface area contributed by atoms with Gasteiger partial charge in [0.2, 0.25) is 0 Å². The van der Waals surface area contributed by atoms with E-state index in [9.17, 15) is 9.59 Å². The summed E-state index contributed by atoms with van der Waals surface area (Å²) in [5.74, 6) is 1.09. The van der Waals surface area contributed by atoms with Gasteiger partial charge in [-0.2, -0.15) is 0 Å². The van der Waals surface area contributed by atoms with E-state index in [4.69, 9.17) is 16.3 Å². The number of carbonyl (C=O) groups is 2. The van der Waals surface area contributed by atoms with E-state index in [0.717, 1.165) is 43.4 Å². The number of aryl methyl sites for hydroxylation is 1. The first-order valence-corrected chi connectivity index (χ1v) is 10.8. The van der Waals surface area contributed by atoms with Gasteiger partial charge >= 0.3 is 0 Å². The minimum atomic E-state index is -0.178. The van der Waals surface area contributed by atoms with E-state index in [1.54, 1.807) is 24.5 Å². The molecule has 4 aliphatic rings. The van der Waals surface area contributed by atoms with E-state index >= 15 is 0 Å². The van der Waals surface area contributed by atoms with Crippen LogP contribution in [-0.2, 0) is 4.79 Å². The van der Waals surface area contributed by atoms with Crippen LogP contribution in [0, 0.1) is 12.3 Å². The second-order valence-electron chi connectivity index (χ2n) is 9.28. The van der Waals surface area contributed by atoms with Gasteiger partial charge in [-0.1, -0.05) is 11.6 Å². The lowest BCUT2D eigenvalue weighted by atomic mass is 9.38. The molecule has 6 nitrogen and oxygen atoms in total. The Kier molecular flexibility index (Phi) is 4.58. The summed E-state index contributed by atoms with van der Waals surface area (Å²) < 4.78 is 5.62. The maximum atomic E-state index is 12.5. The standard InChI is InChI=1S/C23H24ClN3O3/c1-14-6-17(4-5-18(14)24)30-10-16(28)7-22-11-23(12-22,13-22)27-21(29)20-9-25-19(8-26-20)15-2-3-15/h4-6,8-9,15H,2-3,7,10-13H2,1H3,(H,27,29). The number of hydrogen-bond acceptors (Lipinski definition) is 5. The van der Waals surface area contributed by atoms with Crippen molar-refractivity contribution in [2.24, 2.45) is 5.41 Å². The third kappa shape index (κ3) is 3.69. The third-order valence-electron chi connectivity index (χ3n) is 6.52. The Morgan fingerprint density at radius 1 is 1.20 bits per heavy atom. The number of benzene rings is 1. The predicted octanol–water partition coefficient (Wildman–Crippen LogP) is 4.01. The van der Waals surface area contributed by atoms with E-state index in [1.165, 1.54) is 0 Å². The topological polar surface area (TPSA) is 81.2 Å². The molecule has 0 unspecified atom stereocenters. The number of aromatic nitrogens is 2. The Hall–Kier alpha value is -2.47. The fourth-order valence-corrected chi connectivity index (χ4v) is 5.13. The number of hydrogen-bond donors (Lipinski definition) is 1. The molecule has 0 spiro atoms. The Labute approximate surface area is 180 Å². The lowest BCUT2D eigenvalue weighted by molar-refractivity contribution is -0.162. The molecule has 4 saturated carbocycles. The van der Waals surface area contributed by atoms with Gasteiger partial charge in [-0.15, -0.1) is 0 Å². The summed E-state index contributed by atoms with van der Waals surface area (Å²) in [5.41, 5.74) is 2.10. The van der Waals surface area contributed by atoms with Crippen LogP contribution in [0.1, 0.15) is 66.2 Å². The molecule has 1 amide bonds. The van der Waals surface area contributed by atoms with Crippen LogP contribution < -0.4 is 10.1 Å². The van der Waals surface area contributed by atoms with Crippen molar-refractivity contribution in [2.75, 3.05) is 6.61 Å². The van der Waals surface area contributed by atoms with Crippen molar-refractivity contribution in [1.29, 1.82) is 0 Å². The molecule has 0 atom stereocenters. The molecule has 7 heteroatoms. The molecule has 0 radical (unpaired) electrons. The summed E-state index contributed by atoms with van der Waals surface area (Å²) in [5, 5.41) is 3.79. The normalized spacial score (nSPS) is 26.3. The van der Waals surface area contributed by atoms with Crippen molar-refractivity contribution in [3.05, 3.63) is 52.6 Å². The fraction of sp³-hybridized carbons (Fsp3) is 0.478. The molecule has 1 heterocycles. The number of halogens is 1. The summed E-state index contributed by atoms with van der Waals surface area (Å²) >= 11 is 6.01. The number of nitrogens with one attached hydrogen (secondary N) is 1. The monoisotopic (exact) mass is 425 g/mol. The zero-order chi connectivity index (χ0) is 20.9. The highest BCUT2D eigenvalue weighted by atomic mass is 35.5. The molecule has 1 aromatic carbocycles. The molecule has 4 aliphatic carbocycles. The number of amides is 1. The third-order valence-corrected chi connectivity index (χ3v) is 6.94. The average Bonchev–Trinajstić information content (AvgIpc) is 3.51. The van der Waals surface area contributed by atoms with Crippen molar-refractivity contribution in [3.8, 4) is 5.75 Å². The second kappa shape index (κ2) is 7.05. The van der Waals surface area contributed by atoms with Gasteiger partial charge in [-0.25, -0.2) is 4.98 Å². The molecule has 2 aromatic rings. The number of ketones is 1. The van der Waals surface area contributed by atoms with Gasteiger partial charge in [0.25, 0.3) is 5.91 Å². The van der Waals surface area contributed by atoms with Gasteiger partial charge in [0.1, 0.15) is 18.1 Å². The Morgan fingerprint density at radius 3 is 2.60 bits per heavy atom. The van der Waals surface area contributed by atoms with Crippen LogP contribution in [0.25, 0.3) is 0 Å². The van der Waals surface area contributed by atoms with E-state index in [2.05, 4.69) is 15.3 Å². The van der Waals surface area contributed by atoms with Crippen LogP contribution in [-0.4, -0.2) is 33.8 Å². The van der Waals surface area contributed by atoms with Crippen molar-refractivity contribution < 1.29 is 14.3 Å². The number of rotatable bonds is 8. The molecular weight excluding hydrogens is 402 g/mol. The van der Waals surface area contributed by atoms with Crippen molar-refractivity contribution in [3.63, 3.8) is 0 Å². The molecule has 30 heavy (non-hydrogen) atoms. The minimum absolute atomic E-state index is 0.0190. The minimum Gasteiger partial charge on any atom is -0.486 e. The molecular formula is C23H24ClN3O3. The maximum absolute atomic E-state index is 12.5. The first-order chi connectivity index (χ1) is 14.4. The molecule has 1 aromatic heterocycles. The summed E-state index contributed by atoms with van der Waals surface area (Å²) in [7, 11) is 0. The van der Waals surface area contributed by atoms with Crippen LogP contribution in [0.2, 0.25) is 5.02 Å². The SMILES string of the molecule is Cc1cc(OCC(=O)CC23CC(NC(=O)c4cnc(C5CC5)cn4)(C2)C3)ccc1Cl. The van der Waals surface area contributed by atoms with Crippen molar-refractivity contribution >= 4 is 23.3 Å². The van der Waals surface area contributed by atoms with Crippen LogP contribution >= 0.6 is 11.6 Å². The molecule has 0 saturated heterocycles. The van der Waals surface area contributed by atoms with Crippen LogP contribution in [0.3, 0.4) is 0 Å². The maximum Gasteiger partial charge on any atom is 0.271 e. The van der Waals surface area contributed by atoms with Crippen molar-refractivity contribution in [1.82, 2.24) is 15.3 Å². The Bertz CT molecular complexity index is 997. The first kappa shape index (κ1) is 19.5. The van der Waals surface area contributed by atoms with E-state index in [1.807, 2.05) is 13.0 Å². The lowest BCUT2D eigenvalue weighted by Crippen LogP contribution is -2.75. The van der Waals surface area contributed by atoms with E-state index < -0.39 is 0 Å². The average molecular weight is 426 g/mol. The predicted molar refractivity (Wildman–Crippen MR) is 112 cm³/mol. The highest BCUT2D eigenvalue weighted by Crippen LogP contribution is 2.69. The molecule has 0 aliphatic heterocycles. The first-order valence-electron chi connectivity index (χ1n) is 10.4. The van der Waals surface area contributed by atoms with Gasteiger partial charge in [-0.05, 0) is 68.2 Å². The van der Waals surface area contributed by atoms with Gasteiger partial charge in [-0.3, -0.25) is 14.6 Å². The number of ether oxygens (including phenoxy) is 1. The van der Waals surface area contributed by atoms with Crippen molar-refractivity contribution in [2.45, 2.75) is 56.9 Å². The Morgan fingerprint density at radius 2 is 1.97 bits per heavy atom. The highest BCUT2D eigenvalue weighted by molar-refractivity contribution is 6.31. The van der Waals surface area contributed by atoms with E-state index in [0.29, 0.717) is 28.8 Å². The molecule has 1 N–H and O–H groups in total. The summed E-state index contributed by atoms with van der Waals surface area (Å²) in [6, 6.07) is 5.38. The van der Waals surface area contributed by atoms with Gasteiger partial charge in [0, 0.05) is 29.1 Å². The Balaban J connectivity index is 1.08. The zero-order valence-corrected chi connectivity index (χ0v) is 17.7. The molecule has 2 bridgehead atoms. The van der Waals surface area contributed by atoms with E-state index in [-0.39, 0.29) is 29.3 Å². The smallest absolute Gasteiger partial charge is 0.271 e. The number of Topliss-reactive ketones (excluding diaryl/α,β-unsaturated/α-hetero) is 1. The van der Waals surface area contributed by atoms with Gasteiger partial charge < -0.3 is 10.1 Å². The lowest BCUT2D eigenvalue weighted by Gasteiger charge is -2.70. The van der Waals surface area contributed by atoms with Crippen LogP contribution in [0.5, 0.6) is 5.75 Å². The molecule has 6 rings (SSSR count). The fourth-order valence-electron chi connectivity index (χ4n) is 5.01. The van der Waals surface area contributed by atoms with Crippen LogP contribution in [0.4, 0.5) is 0 Å². The van der Waals surface area contributed by atoms with Gasteiger partial charge in [0.15, 0.2) is 5.78 Å². The molecule has 4 fully saturated rings. The zero-order valence-electron chi connectivity index (χ0n) is 16.9. The number of carbonyl (C=O) groups excluding carboxylic acids is 2.